The van der Waals surface area contributed by atoms with E-state index in [1.165, 1.54) is 19.3 Å². The number of carbonyl (C=O) groups excluding carboxylic acids is 3. The first-order chi connectivity index (χ1) is 31.2. The van der Waals surface area contributed by atoms with Crippen LogP contribution in [0, 0.1) is 11.8 Å². The third-order valence-corrected chi connectivity index (χ3v) is 11.1. The average Bonchev–Trinajstić information content (AvgIpc) is 3.62. The van der Waals surface area contributed by atoms with Crippen LogP contribution in [0.5, 0.6) is 0 Å². The van der Waals surface area contributed by atoms with Crippen molar-refractivity contribution in [3.05, 3.63) is 97.2 Å². The summed E-state index contributed by atoms with van der Waals surface area (Å²) in [4.78, 5) is 65.3. The first-order valence-corrected chi connectivity index (χ1v) is 26.0. The van der Waals surface area contributed by atoms with Crippen LogP contribution < -0.4 is 0 Å². The second-order valence-electron chi connectivity index (χ2n) is 15.6. The highest BCUT2D eigenvalue weighted by atomic mass is 31.2. The summed E-state index contributed by atoms with van der Waals surface area (Å²) < 4.78 is 47.7. The summed E-state index contributed by atoms with van der Waals surface area (Å²) in [5.41, 5.74) is 0. The van der Waals surface area contributed by atoms with Gasteiger partial charge in [-0.3, -0.25) is 28.0 Å². The maximum absolute atomic E-state index is 12.8. The van der Waals surface area contributed by atoms with Crippen molar-refractivity contribution in [3.63, 3.8) is 0 Å². The van der Waals surface area contributed by atoms with Crippen LogP contribution in [0.15, 0.2) is 97.2 Å². The summed E-state index contributed by atoms with van der Waals surface area (Å²) in [6.07, 6.45) is 41.9. The number of unbranched alkanes of at least 4 members (excludes halogenated alkanes) is 6. The second kappa shape index (κ2) is 37.7. The highest BCUT2D eigenvalue weighted by Gasteiger charge is 2.29. The van der Waals surface area contributed by atoms with Crippen LogP contribution in [0.1, 0.15) is 129 Å². The lowest BCUT2D eigenvalue weighted by Gasteiger charge is -2.20. The number of carbonyl (C=O) groups is 3. The van der Waals surface area contributed by atoms with E-state index in [0.717, 1.165) is 44.9 Å². The topological polar surface area (TPSA) is 233 Å². The molecule has 1 aliphatic rings. The van der Waals surface area contributed by atoms with E-state index in [1.807, 2.05) is 36.5 Å². The highest BCUT2D eigenvalue weighted by molar-refractivity contribution is 7.47. The van der Waals surface area contributed by atoms with E-state index in [-0.39, 0.29) is 30.5 Å². The molecule has 5 N–H and O–H groups in total. The van der Waals surface area contributed by atoms with Crippen LogP contribution >= 0.6 is 15.6 Å². The quantitative estimate of drug-likeness (QED) is 0.0167. The lowest BCUT2D eigenvalue weighted by molar-refractivity contribution is -0.161. The lowest BCUT2D eigenvalue weighted by atomic mass is 9.90. The van der Waals surface area contributed by atoms with Crippen LogP contribution in [-0.2, 0) is 46.6 Å². The molecule has 1 rings (SSSR count). The number of esters is 2. The number of hydrogen-bond acceptors (Lipinski definition) is 12. The standard InChI is InChI=1S/C48H76O15P2/c1-3-5-7-8-9-10-11-12-13-14-15-16-17-18-19-20-21-22-27-31-47(52)59-39-44(40-62-65(57,58)61-38-43(50)37-60-64(54,55)56)63-48(53)32-28-24-23-26-29-41-33-36-46(51)45(41)35-34-42(49)30-25-6-4-2/h9-10,12-13,15-16,18-19,21-23,26,33-36,41-45,49-50H,3-8,11,14,17,20,24-25,27-32,37-40H2,1-2H3,(H,57,58)(H2,54,55,56)/b10-9-,13-12-,16-15-,19-18-,22-21-,26-23-,35-34+/t41-,42-,43-,44+,45+/m0/s1. The number of aliphatic hydroxyl groups is 2. The maximum atomic E-state index is 12.8. The molecule has 0 amide bonds. The number of allylic oxidation sites excluding steroid dienone is 15. The fraction of sp³-hybridized carbons (Fsp3) is 0.604. The zero-order valence-corrected chi connectivity index (χ0v) is 40.2. The minimum atomic E-state index is -4.90. The summed E-state index contributed by atoms with van der Waals surface area (Å²) in [5.74, 6) is -1.68. The minimum Gasteiger partial charge on any atom is -0.462 e. The molecule has 0 heterocycles. The van der Waals surface area contributed by atoms with Crippen molar-refractivity contribution in [1.82, 2.24) is 0 Å². The van der Waals surface area contributed by atoms with E-state index in [1.54, 1.807) is 18.2 Å². The number of aliphatic hydroxyl groups excluding tert-OH is 2. The van der Waals surface area contributed by atoms with Crippen LogP contribution in [-0.4, -0.2) is 87.4 Å². The van der Waals surface area contributed by atoms with E-state index in [2.05, 4.69) is 65.4 Å². The fourth-order valence-corrected chi connectivity index (χ4v) is 7.24. The minimum absolute atomic E-state index is 0.00676. The molecule has 0 aromatic heterocycles. The van der Waals surface area contributed by atoms with E-state index in [4.69, 9.17) is 23.8 Å². The zero-order valence-electron chi connectivity index (χ0n) is 38.4. The van der Waals surface area contributed by atoms with Gasteiger partial charge in [-0.2, -0.15) is 0 Å². The molecule has 0 bridgehead atoms. The first kappa shape index (κ1) is 59.7. The van der Waals surface area contributed by atoms with Gasteiger partial charge in [0.05, 0.1) is 25.9 Å². The molecular weight excluding hydrogens is 878 g/mol. The Morgan fingerprint density at radius 3 is 1.85 bits per heavy atom. The number of ketones is 1. The van der Waals surface area contributed by atoms with Crippen molar-refractivity contribution in [1.29, 1.82) is 0 Å². The Labute approximate surface area is 386 Å². The SMILES string of the molecule is CCCCC/C=C\C/C=C\C/C=C\C/C=C\C/C=C\CCC(=O)OC[C@H](COP(=O)(O)OC[C@@H](O)COP(=O)(O)O)OC(=O)CCC/C=C\C[C@H]1C=CC(=O)[C@@H]1/C=C/[C@@H](O)CCCCC. The molecule has 65 heavy (non-hydrogen) atoms. The van der Waals surface area contributed by atoms with Crippen molar-refractivity contribution >= 4 is 33.4 Å². The smallest absolute Gasteiger partial charge is 0.462 e. The number of hydrogen-bond donors (Lipinski definition) is 5. The Kier molecular flexibility index (Phi) is 34.6. The van der Waals surface area contributed by atoms with Gasteiger partial charge >= 0.3 is 27.6 Å². The zero-order chi connectivity index (χ0) is 48.0. The van der Waals surface area contributed by atoms with Gasteiger partial charge in [0.25, 0.3) is 0 Å². The third kappa shape index (κ3) is 35.5. The molecule has 0 saturated heterocycles. The van der Waals surface area contributed by atoms with Crippen molar-refractivity contribution < 1.29 is 71.5 Å². The fourth-order valence-electron chi connectivity index (χ4n) is 6.08. The van der Waals surface area contributed by atoms with Crippen molar-refractivity contribution in [2.45, 2.75) is 148 Å². The van der Waals surface area contributed by atoms with E-state index >= 15 is 0 Å². The summed E-state index contributed by atoms with van der Waals surface area (Å²) >= 11 is 0. The predicted octanol–water partition coefficient (Wildman–Crippen LogP) is 9.73. The molecule has 0 aromatic rings. The van der Waals surface area contributed by atoms with Gasteiger partial charge in [-0.25, -0.2) is 9.13 Å². The van der Waals surface area contributed by atoms with Crippen molar-refractivity contribution in [2.24, 2.45) is 11.8 Å². The maximum Gasteiger partial charge on any atom is 0.472 e. The van der Waals surface area contributed by atoms with E-state index in [0.29, 0.717) is 38.5 Å². The van der Waals surface area contributed by atoms with Gasteiger partial charge in [-0.1, -0.05) is 137 Å². The molecule has 368 valence electrons. The van der Waals surface area contributed by atoms with Crippen LogP contribution in [0.25, 0.3) is 0 Å². The van der Waals surface area contributed by atoms with Gasteiger partial charge in [-0.15, -0.1) is 0 Å². The molecule has 0 spiro atoms. The number of phosphoric ester groups is 2. The number of ether oxygens (including phenoxy) is 2. The van der Waals surface area contributed by atoms with Crippen LogP contribution in [0.2, 0.25) is 0 Å². The third-order valence-electron chi connectivity index (χ3n) is 9.70. The van der Waals surface area contributed by atoms with Crippen LogP contribution in [0.4, 0.5) is 0 Å². The molecule has 0 radical (unpaired) electrons. The summed E-state index contributed by atoms with van der Waals surface area (Å²) in [6.45, 7) is 1.30. The first-order valence-electron chi connectivity index (χ1n) is 23.0. The summed E-state index contributed by atoms with van der Waals surface area (Å²) in [5, 5.41) is 20.0. The normalized spacial score (nSPS) is 18.4. The Hall–Kier alpha value is -3.33. The van der Waals surface area contributed by atoms with Crippen LogP contribution in [0.3, 0.4) is 0 Å². The van der Waals surface area contributed by atoms with Gasteiger partial charge in [0.2, 0.25) is 0 Å². The molecule has 1 unspecified atom stereocenters. The van der Waals surface area contributed by atoms with Gasteiger partial charge in [0, 0.05) is 18.8 Å². The lowest BCUT2D eigenvalue weighted by Crippen LogP contribution is -2.29. The molecule has 0 saturated carbocycles. The van der Waals surface area contributed by atoms with Crippen molar-refractivity contribution in [2.75, 3.05) is 26.4 Å². The van der Waals surface area contributed by atoms with Gasteiger partial charge in [0.1, 0.15) is 12.7 Å². The second-order valence-corrected chi connectivity index (χ2v) is 18.3. The van der Waals surface area contributed by atoms with E-state index in [9.17, 15) is 38.6 Å². The molecule has 0 aromatic carbocycles. The van der Waals surface area contributed by atoms with Gasteiger partial charge in [-0.05, 0) is 82.6 Å². The molecule has 15 nitrogen and oxygen atoms in total. The largest absolute Gasteiger partial charge is 0.472 e. The predicted molar refractivity (Wildman–Crippen MR) is 252 cm³/mol. The van der Waals surface area contributed by atoms with Gasteiger partial charge in [0.15, 0.2) is 11.9 Å². The Balaban J connectivity index is 2.57. The Bertz CT molecular complexity index is 1660. The van der Waals surface area contributed by atoms with E-state index < -0.39 is 72.3 Å². The summed E-state index contributed by atoms with van der Waals surface area (Å²) in [7, 11) is -9.79. The summed E-state index contributed by atoms with van der Waals surface area (Å²) in [6, 6.07) is 0. The Morgan fingerprint density at radius 1 is 0.662 bits per heavy atom. The molecule has 0 aliphatic heterocycles. The molecule has 1 aliphatic carbocycles. The monoisotopic (exact) mass is 954 g/mol. The van der Waals surface area contributed by atoms with Gasteiger partial charge < -0.3 is 34.4 Å². The average molecular weight is 955 g/mol. The van der Waals surface area contributed by atoms with Crippen molar-refractivity contribution in [3.8, 4) is 0 Å². The Morgan fingerprint density at radius 2 is 1.22 bits per heavy atom. The number of phosphoric acid groups is 2. The number of rotatable bonds is 39. The molecule has 6 atom stereocenters. The molecular formula is C48H76O15P2. The molecule has 17 heteroatoms. The molecule has 0 fully saturated rings. The highest BCUT2D eigenvalue weighted by Crippen LogP contribution is 2.44.